The molecule has 0 heterocycles. The minimum absolute atomic E-state index is 0.0770. The lowest BCUT2D eigenvalue weighted by molar-refractivity contribution is 0.316. The molecular formula is C23H30ClNO3S. The van der Waals surface area contributed by atoms with Gasteiger partial charge in [0.05, 0.1) is 12.4 Å². The van der Waals surface area contributed by atoms with Gasteiger partial charge >= 0.3 is 0 Å². The number of sulfone groups is 1. The van der Waals surface area contributed by atoms with Crippen LogP contribution in [0.3, 0.4) is 0 Å². The third-order valence-electron chi connectivity index (χ3n) is 5.56. The van der Waals surface area contributed by atoms with Crippen molar-refractivity contribution >= 4 is 21.4 Å². The van der Waals surface area contributed by atoms with Crippen LogP contribution in [0.15, 0.2) is 42.5 Å². The molecule has 0 amide bonds. The van der Waals surface area contributed by atoms with Crippen molar-refractivity contribution in [1.29, 1.82) is 0 Å². The summed E-state index contributed by atoms with van der Waals surface area (Å²) in [6.07, 6.45) is 3.87. The number of fused-ring (bicyclic) bond motifs is 1. The highest BCUT2D eigenvalue weighted by Crippen LogP contribution is 2.36. The smallest absolute Gasteiger partial charge is 0.150 e. The van der Waals surface area contributed by atoms with E-state index in [1.807, 2.05) is 31.2 Å². The molecule has 3 rings (SSSR count). The van der Waals surface area contributed by atoms with Crippen LogP contribution in [0.1, 0.15) is 48.8 Å². The van der Waals surface area contributed by atoms with Crippen LogP contribution < -0.4 is 10.5 Å². The Labute approximate surface area is 179 Å². The average Bonchev–Trinajstić information content (AvgIpc) is 2.69. The van der Waals surface area contributed by atoms with Crippen LogP contribution in [-0.2, 0) is 22.7 Å². The van der Waals surface area contributed by atoms with Gasteiger partial charge in [0.1, 0.15) is 15.6 Å². The lowest BCUT2D eigenvalue weighted by Crippen LogP contribution is -2.34. The zero-order chi connectivity index (χ0) is 20.9. The van der Waals surface area contributed by atoms with E-state index in [-0.39, 0.29) is 23.5 Å². The fourth-order valence-corrected chi connectivity index (χ4v) is 5.63. The highest BCUT2D eigenvalue weighted by molar-refractivity contribution is 7.91. The summed E-state index contributed by atoms with van der Waals surface area (Å²) < 4.78 is 29.5. The van der Waals surface area contributed by atoms with Crippen molar-refractivity contribution in [2.45, 2.75) is 51.0 Å². The van der Waals surface area contributed by atoms with Gasteiger partial charge in [-0.2, -0.15) is 0 Å². The lowest BCUT2D eigenvalue weighted by Gasteiger charge is -2.32. The number of halogens is 1. The largest absolute Gasteiger partial charge is 0.494 e. The summed E-state index contributed by atoms with van der Waals surface area (Å²) in [5.74, 6) is 1.38. The quantitative estimate of drug-likeness (QED) is 0.587. The van der Waals surface area contributed by atoms with Crippen molar-refractivity contribution in [3.05, 3.63) is 64.2 Å². The summed E-state index contributed by atoms with van der Waals surface area (Å²) >= 11 is 6.38. The van der Waals surface area contributed by atoms with E-state index in [9.17, 15) is 8.42 Å². The van der Waals surface area contributed by atoms with Gasteiger partial charge in [0, 0.05) is 22.7 Å². The van der Waals surface area contributed by atoms with Gasteiger partial charge in [0.25, 0.3) is 0 Å². The third kappa shape index (κ3) is 5.97. The highest BCUT2D eigenvalue weighted by atomic mass is 35.5. The Morgan fingerprint density at radius 2 is 1.97 bits per heavy atom. The van der Waals surface area contributed by atoms with Crippen LogP contribution in [-0.4, -0.2) is 32.6 Å². The molecule has 0 spiro atoms. The molecule has 0 saturated carbocycles. The first-order valence-electron chi connectivity index (χ1n) is 10.3. The van der Waals surface area contributed by atoms with Crippen molar-refractivity contribution in [2.75, 3.05) is 18.1 Å². The van der Waals surface area contributed by atoms with Crippen LogP contribution in [0.25, 0.3) is 0 Å². The molecule has 4 nitrogen and oxygen atoms in total. The molecular weight excluding hydrogens is 406 g/mol. The minimum atomic E-state index is -2.96. The van der Waals surface area contributed by atoms with Crippen molar-refractivity contribution in [1.82, 2.24) is 0 Å². The number of aryl methyl sites for hydroxylation is 1. The van der Waals surface area contributed by atoms with E-state index in [0.717, 1.165) is 35.6 Å². The van der Waals surface area contributed by atoms with Gasteiger partial charge in [0.15, 0.2) is 0 Å². The van der Waals surface area contributed by atoms with Crippen LogP contribution in [0.5, 0.6) is 5.75 Å². The maximum Gasteiger partial charge on any atom is 0.150 e. The standard InChI is InChI=1S/C23H30ClNO3S/c1-2-13-29(26,27)14-5-12-28-19-10-8-17-9-11-23(25)21(20(17)16-19)15-18-6-3-4-7-22(18)24/h3-4,6-8,10,16,21,23H,2,5,9,11-15,25H2,1H3. The van der Waals surface area contributed by atoms with Gasteiger partial charge in [0.2, 0.25) is 0 Å². The molecule has 158 valence electrons. The predicted molar refractivity (Wildman–Crippen MR) is 120 cm³/mol. The summed E-state index contributed by atoms with van der Waals surface area (Å²) in [5.41, 5.74) is 10.1. The van der Waals surface area contributed by atoms with E-state index in [1.165, 1.54) is 11.1 Å². The Balaban J connectivity index is 1.69. The van der Waals surface area contributed by atoms with Crippen molar-refractivity contribution in [2.24, 2.45) is 5.73 Å². The fourth-order valence-electron chi connectivity index (χ4n) is 4.03. The zero-order valence-electron chi connectivity index (χ0n) is 16.9. The topological polar surface area (TPSA) is 69.4 Å². The Morgan fingerprint density at radius 1 is 1.17 bits per heavy atom. The Kier molecular flexibility index (Phi) is 7.60. The molecule has 2 atom stereocenters. The van der Waals surface area contributed by atoms with Crippen LogP contribution in [0.4, 0.5) is 0 Å². The highest BCUT2D eigenvalue weighted by Gasteiger charge is 2.28. The zero-order valence-corrected chi connectivity index (χ0v) is 18.5. The maximum absolute atomic E-state index is 11.8. The van der Waals surface area contributed by atoms with E-state index >= 15 is 0 Å². The second kappa shape index (κ2) is 9.96. The molecule has 2 aromatic carbocycles. The second-order valence-corrected chi connectivity index (χ2v) is 10.5. The Hall–Kier alpha value is -1.56. The number of hydrogen-bond donors (Lipinski definition) is 1. The van der Waals surface area contributed by atoms with Crippen molar-refractivity contribution in [3.8, 4) is 5.75 Å². The summed E-state index contributed by atoms with van der Waals surface area (Å²) in [6.45, 7) is 2.27. The van der Waals surface area contributed by atoms with Crippen molar-refractivity contribution in [3.63, 3.8) is 0 Å². The average molecular weight is 436 g/mol. The molecule has 0 aromatic heterocycles. The molecule has 0 fully saturated rings. The van der Waals surface area contributed by atoms with Crippen LogP contribution in [0, 0.1) is 0 Å². The SMILES string of the molecule is CCCS(=O)(=O)CCCOc1ccc2c(c1)C(Cc1ccccc1Cl)C(N)CC2. The number of nitrogens with two attached hydrogens (primary N) is 1. The maximum atomic E-state index is 11.8. The molecule has 0 aliphatic heterocycles. The van der Waals surface area contributed by atoms with Gasteiger partial charge in [-0.05, 0) is 67.0 Å². The first kappa shape index (κ1) is 22.1. The Morgan fingerprint density at radius 3 is 2.72 bits per heavy atom. The van der Waals surface area contributed by atoms with Gasteiger partial charge in [-0.1, -0.05) is 42.8 Å². The van der Waals surface area contributed by atoms with E-state index in [1.54, 1.807) is 0 Å². The Bertz CT molecular complexity index is 929. The van der Waals surface area contributed by atoms with E-state index in [0.29, 0.717) is 19.4 Å². The number of hydrogen-bond acceptors (Lipinski definition) is 4. The van der Waals surface area contributed by atoms with Gasteiger partial charge < -0.3 is 10.5 Å². The predicted octanol–water partition coefficient (Wildman–Crippen LogP) is 4.53. The summed E-state index contributed by atoms with van der Waals surface area (Å²) in [6, 6.07) is 14.2. The molecule has 6 heteroatoms. The molecule has 0 bridgehead atoms. The number of benzene rings is 2. The van der Waals surface area contributed by atoms with Crippen molar-refractivity contribution < 1.29 is 13.2 Å². The van der Waals surface area contributed by atoms with Crippen LogP contribution in [0.2, 0.25) is 5.02 Å². The van der Waals surface area contributed by atoms with Crippen LogP contribution >= 0.6 is 11.6 Å². The number of rotatable bonds is 9. The first-order chi connectivity index (χ1) is 13.9. The van der Waals surface area contributed by atoms with Gasteiger partial charge in [-0.25, -0.2) is 8.42 Å². The normalized spacial score (nSPS) is 19.0. The monoisotopic (exact) mass is 435 g/mol. The minimum Gasteiger partial charge on any atom is -0.494 e. The summed E-state index contributed by atoms with van der Waals surface area (Å²) in [5, 5.41) is 0.771. The molecule has 2 N–H and O–H groups in total. The molecule has 2 unspecified atom stereocenters. The molecule has 1 aliphatic carbocycles. The molecule has 1 aliphatic rings. The molecule has 0 radical (unpaired) electrons. The summed E-state index contributed by atoms with van der Waals surface area (Å²) in [4.78, 5) is 0. The summed E-state index contributed by atoms with van der Waals surface area (Å²) in [7, 11) is -2.96. The van der Waals surface area contributed by atoms with E-state index in [2.05, 4.69) is 18.2 Å². The third-order valence-corrected chi connectivity index (χ3v) is 7.87. The fraction of sp³-hybridized carbons (Fsp3) is 0.478. The lowest BCUT2D eigenvalue weighted by atomic mass is 9.76. The molecule has 2 aromatic rings. The number of ether oxygens (including phenoxy) is 1. The van der Waals surface area contributed by atoms with Gasteiger partial charge in [-0.3, -0.25) is 0 Å². The van der Waals surface area contributed by atoms with E-state index < -0.39 is 9.84 Å². The second-order valence-electron chi connectivity index (χ2n) is 7.82. The molecule has 0 saturated heterocycles. The first-order valence-corrected chi connectivity index (χ1v) is 12.5. The van der Waals surface area contributed by atoms with Gasteiger partial charge in [-0.15, -0.1) is 0 Å². The molecule has 29 heavy (non-hydrogen) atoms. The van der Waals surface area contributed by atoms with E-state index in [4.69, 9.17) is 22.1 Å².